The van der Waals surface area contributed by atoms with Gasteiger partial charge in [0.2, 0.25) is 11.6 Å². The van der Waals surface area contributed by atoms with E-state index < -0.39 is 17.0 Å². The highest BCUT2D eigenvalue weighted by molar-refractivity contribution is 5.95. The first-order valence-corrected chi connectivity index (χ1v) is 18.9. The van der Waals surface area contributed by atoms with E-state index in [1.807, 2.05) is 13.8 Å². The van der Waals surface area contributed by atoms with Gasteiger partial charge in [0.05, 0.1) is 11.8 Å². The van der Waals surface area contributed by atoms with E-state index in [1.165, 1.54) is 116 Å². The van der Waals surface area contributed by atoms with Crippen LogP contribution in [0.15, 0.2) is 23.8 Å². The monoisotopic (exact) mass is 612 g/mol. The van der Waals surface area contributed by atoms with Gasteiger partial charge in [0, 0.05) is 19.4 Å². The van der Waals surface area contributed by atoms with E-state index in [9.17, 15) is 9.59 Å². The topological polar surface area (TPSA) is 61.8 Å². The number of allylic oxidation sites excluding steroid dienone is 2. The number of carbonyl (C=O) groups excluding carboxylic acids is 2. The molecular formula is C39H64O5. The minimum absolute atomic E-state index is 0.0767. The molecule has 0 spiro atoms. The molecule has 4 aliphatic rings. The zero-order valence-corrected chi connectivity index (χ0v) is 28.8. The van der Waals surface area contributed by atoms with Crippen molar-refractivity contribution in [2.75, 3.05) is 0 Å². The second kappa shape index (κ2) is 16.8. The highest BCUT2D eigenvalue weighted by atomic mass is 16.8. The normalized spacial score (nSPS) is 31.9. The van der Waals surface area contributed by atoms with Crippen LogP contribution in [-0.2, 0) is 23.8 Å². The summed E-state index contributed by atoms with van der Waals surface area (Å²) in [6, 6.07) is 0. The molecule has 0 saturated carbocycles. The Morgan fingerprint density at radius 3 is 1.70 bits per heavy atom. The molecule has 0 radical (unpaired) electrons. The van der Waals surface area contributed by atoms with Crippen LogP contribution >= 0.6 is 0 Å². The molecule has 0 aromatic heterocycles. The van der Waals surface area contributed by atoms with E-state index in [4.69, 9.17) is 14.2 Å². The van der Waals surface area contributed by atoms with Gasteiger partial charge in [0.1, 0.15) is 5.41 Å². The number of carbonyl (C=O) groups is 2. The summed E-state index contributed by atoms with van der Waals surface area (Å²) in [4.78, 5) is 26.9. The number of hydrogen-bond donors (Lipinski definition) is 0. The molecule has 1 aliphatic carbocycles. The molecule has 0 aromatic carbocycles. The van der Waals surface area contributed by atoms with Gasteiger partial charge in [0.25, 0.3) is 0 Å². The Hall–Kier alpha value is -1.62. The van der Waals surface area contributed by atoms with Crippen molar-refractivity contribution < 1.29 is 23.8 Å². The van der Waals surface area contributed by atoms with Gasteiger partial charge in [-0.3, -0.25) is 9.53 Å². The number of esters is 2. The smallest absolute Gasteiger partial charge is 0.336 e. The van der Waals surface area contributed by atoms with Crippen molar-refractivity contribution in [1.82, 2.24) is 0 Å². The second-order valence-corrected chi connectivity index (χ2v) is 14.7. The van der Waals surface area contributed by atoms with Crippen molar-refractivity contribution in [2.45, 2.75) is 187 Å². The quantitative estimate of drug-likeness (QED) is 0.0616. The molecule has 44 heavy (non-hydrogen) atoms. The fourth-order valence-corrected chi connectivity index (χ4v) is 8.83. The van der Waals surface area contributed by atoms with Crippen LogP contribution in [0.2, 0.25) is 0 Å². The number of rotatable bonds is 24. The molecule has 0 aromatic rings. The molecule has 250 valence electrons. The van der Waals surface area contributed by atoms with Crippen LogP contribution in [0, 0.1) is 23.2 Å². The van der Waals surface area contributed by atoms with Crippen LogP contribution in [0.4, 0.5) is 0 Å². The maximum atomic E-state index is 13.9. The molecule has 5 nitrogen and oxygen atoms in total. The Morgan fingerprint density at radius 1 is 0.659 bits per heavy atom. The lowest BCUT2D eigenvalue weighted by atomic mass is 9.55. The summed E-state index contributed by atoms with van der Waals surface area (Å²) in [5, 5.41) is 0. The second-order valence-electron chi connectivity index (χ2n) is 14.7. The first kappa shape index (κ1) is 35.2. The van der Waals surface area contributed by atoms with Gasteiger partial charge in [-0.15, -0.1) is 0 Å². The lowest BCUT2D eigenvalue weighted by Gasteiger charge is -2.41. The predicted octanol–water partition coefficient (Wildman–Crippen LogP) is 10.9. The largest absolute Gasteiger partial charge is 0.432 e. The molecule has 0 N–H and O–H groups in total. The first-order chi connectivity index (χ1) is 21.3. The summed E-state index contributed by atoms with van der Waals surface area (Å²) in [7, 11) is 0. The van der Waals surface area contributed by atoms with E-state index in [1.54, 1.807) is 0 Å². The molecule has 6 atom stereocenters. The number of ether oxygens (including phenoxy) is 3. The maximum absolute atomic E-state index is 13.9. The van der Waals surface area contributed by atoms with Crippen LogP contribution in [0.3, 0.4) is 0 Å². The first-order valence-electron chi connectivity index (χ1n) is 18.9. The Balaban J connectivity index is 1.32. The number of hydrogen-bond acceptors (Lipinski definition) is 5. The molecule has 3 fully saturated rings. The molecule has 0 bridgehead atoms. The van der Waals surface area contributed by atoms with Crippen LogP contribution in [0.25, 0.3) is 0 Å². The molecule has 3 aliphatic heterocycles. The third-order valence-electron chi connectivity index (χ3n) is 11.1. The van der Waals surface area contributed by atoms with Gasteiger partial charge in [-0.2, -0.15) is 0 Å². The van der Waals surface area contributed by atoms with Crippen LogP contribution in [0.5, 0.6) is 0 Å². The van der Waals surface area contributed by atoms with Crippen molar-refractivity contribution in [1.29, 1.82) is 0 Å². The molecule has 3 saturated heterocycles. The zero-order valence-electron chi connectivity index (χ0n) is 28.8. The molecular weight excluding hydrogens is 548 g/mol. The fraction of sp³-hybridized carbons (Fsp3) is 0.846. The van der Waals surface area contributed by atoms with E-state index in [-0.39, 0.29) is 29.7 Å². The Labute approximate surface area is 269 Å². The lowest BCUT2D eigenvalue weighted by molar-refractivity contribution is -0.280. The fourth-order valence-electron chi connectivity index (χ4n) is 8.83. The van der Waals surface area contributed by atoms with E-state index in [0.717, 1.165) is 32.1 Å². The third-order valence-corrected chi connectivity index (χ3v) is 11.1. The van der Waals surface area contributed by atoms with Crippen LogP contribution in [-0.4, -0.2) is 23.5 Å². The maximum Gasteiger partial charge on any atom is 0.336 e. The van der Waals surface area contributed by atoms with Gasteiger partial charge in [-0.25, -0.2) is 4.79 Å². The summed E-state index contributed by atoms with van der Waals surface area (Å²) in [5.74, 6) is -3.22. The van der Waals surface area contributed by atoms with Crippen LogP contribution < -0.4 is 0 Å². The van der Waals surface area contributed by atoms with Gasteiger partial charge in [-0.05, 0) is 25.2 Å². The minimum Gasteiger partial charge on any atom is -0.432 e. The van der Waals surface area contributed by atoms with Gasteiger partial charge >= 0.3 is 11.9 Å². The zero-order chi connectivity index (χ0) is 31.5. The summed E-state index contributed by atoms with van der Waals surface area (Å²) < 4.78 is 18.3. The average Bonchev–Trinajstić information content (AvgIpc) is 3.46. The lowest BCUT2D eigenvalue weighted by Crippen LogP contribution is -2.47. The van der Waals surface area contributed by atoms with Gasteiger partial charge in [-0.1, -0.05) is 160 Å². The Kier molecular flexibility index (Phi) is 13.5. The number of unbranched alkanes of at least 4 members (excludes halogenated alkanes) is 20. The van der Waals surface area contributed by atoms with Crippen molar-refractivity contribution >= 4 is 11.9 Å². The van der Waals surface area contributed by atoms with E-state index in [0.29, 0.717) is 5.57 Å². The summed E-state index contributed by atoms with van der Waals surface area (Å²) >= 11 is 0. The van der Waals surface area contributed by atoms with Crippen molar-refractivity contribution in [2.24, 2.45) is 23.2 Å². The van der Waals surface area contributed by atoms with Crippen molar-refractivity contribution in [3.05, 3.63) is 23.8 Å². The van der Waals surface area contributed by atoms with Crippen LogP contribution in [0.1, 0.15) is 175 Å². The summed E-state index contributed by atoms with van der Waals surface area (Å²) in [6.07, 6.45) is 35.7. The van der Waals surface area contributed by atoms with E-state index >= 15 is 0 Å². The van der Waals surface area contributed by atoms with Gasteiger partial charge < -0.3 is 9.47 Å². The highest BCUT2D eigenvalue weighted by Crippen LogP contribution is 2.69. The summed E-state index contributed by atoms with van der Waals surface area (Å²) in [6.45, 7) is 8.27. The highest BCUT2D eigenvalue weighted by Gasteiger charge is 2.80. The molecule has 5 heteroatoms. The van der Waals surface area contributed by atoms with Gasteiger partial charge in [0.15, 0.2) is 0 Å². The summed E-state index contributed by atoms with van der Waals surface area (Å²) in [5.41, 5.74) is -0.0997. The SMILES string of the molecule is CCCCCCCCCCCC/C=C/[C@]12C(=O)O[C@]3(C)O[C@]4(C)OC(=O)C(=C[C@H]1CCCCCCCCCCCCC)[C@@H]4[C@@H]32. The Morgan fingerprint density at radius 2 is 1.16 bits per heavy atom. The molecule has 0 amide bonds. The standard InChI is InChI=1S/C39H64O5/c1-5-7-9-11-13-15-17-19-21-23-25-27-29-39-31(28-26-24-22-20-18-16-14-12-10-8-6-2)30-32-33-34(39)38(4,43-36(39)41)44-37(33,3)42-35(32)40/h27,29-31,33-34H,5-26,28H2,1-4H3/b29-27+/t31-,33-,34+,37+,38-,39+/m1/s1. The third kappa shape index (κ3) is 8.02. The predicted molar refractivity (Wildman–Crippen MR) is 178 cm³/mol. The average molecular weight is 613 g/mol. The molecule has 0 unspecified atom stereocenters. The Bertz CT molecular complexity index is 985. The van der Waals surface area contributed by atoms with Crippen molar-refractivity contribution in [3.63, 3.8) is 0 Å². The molecule has 3 heterocycles. The van der Waals surface area contributed by atoms with E-state index in [2.05, 4.69) is 32.1 Å². The minimum atomic E-state index is -1.08. The van der Waals surface area contributed by atoms with Crippen molar-refractivity contribution in [3.8, 4) is 0 Å². The molecule has 4 rings (SSSR count).